The number of amides is 2. The van der Waals surface area contributed by atoms with Gasteiger partial charge in [-0.15, -0.1) is 0 Å². The predicted octanol–water partition coefficient (Wildman–Crippen LogP) is 3.06. The SMILES string of the molecule is NC(=O)[C@H](NC(=O)c1cc(-c2ccccc2)on1)c1cccc(Br)c1. The zero-order valence-corrected chi connectivity index (χ0v) is 14.6. The van der Waals surface area contributed by atoms with E-state index in [1.807, 2.05) is 36.4 Å². The highest BCUT2D eigenvalue weighted by molar-refractivity contribution is 9.10. The van der Waals surface area contributed by atoms with E-state index in [0.717, 1.165) is 10.0 Å². The van der Waals surface area contributed by atoms with Crippen molar-refractivity contribution in [3.63, 3.8) is 0 Å². The largest absolute Gasteiger partial charge is 0.368 e. The number of rotatable bonds is 5. The van der Waals surface area contributed by atoms with E-state index in [4.69, 9.17) is 10.3 Å². The second kappa shape index (κ2) is 7.31. The Morgan fingerprint density at radius 2 is 1.84 bits per heavy atom. The Kier molecular flexibility index (Phi) is 4.95. The summed E-state index contributed by atoms with van der Waals surface area (Å²) in [7, 11) is 0. The van der Waals surface area contributed by atoms with Gasteiger partial charge in [0.05, 0.1) is 0 Å². The topological polar surface area (TPSA) is 98.2 Å². The lowest BCUT2D eigenvalue weighted by atomic mass is 10.1. The van der Waals surface area contributed by atoms with Crippen molar-refractivity contribution in [2.24, 2.45) is 5.73 Å². The fourth-order valence-electron chi connectivity index (χ4n) is 2.33. The van der Waals surface area contributed by atoms with Crippen molar-refractivity contribution in [1.29, 1.82) is 0 Å². The van der Waals surface area contributed by atoms with Crippen LogP contribution in [-0.4, -0.2) is 17.0 Å². The normalized spacial score (nSPS) is 11.7. The number of halogens is 1. The summed E-state index contributed by atoms with van der Waals surface area (Å²) in [4.78, 5) is 24.2. The van der Waals surface area contributed by atoms with Crippen LogP contribution in [0, 0.1) is 0 Å². The number of hydrogen-bond acceptors (Lipinski definition) is 4. The van der Waals surface area contributed by atoms with Crippen molar-refractivity contribution in [3.8, 4) is 11.3 Å². The first-order chi connectivity index (χ1) is 12.0. The molecule has 25 heavy (non-hydrogen) atoms. The molecule has 0 bridgehead atoms. The average Bonchev–Trinajstić information content (AvgIpc) is 3.10. The Morgan fingerprint density at radius 3 is 2.52 bits per heavy atom. The quantitative estimate of drug-likeness (QED) is 0.688. The van der Waals surface area contributed by atoms with Gasteiger partial charge in [-0.2, -0.15) is 0 Å². The molecule has 1 atom stereocenters. The molecule has 1 heterocycles. The summed E-state index contributed by atoms with van der Waals surface area (Å²) < 4.78 is 5.98. The standard InChI is InChI=1S/C18H14BrN3O3/c19-13-8-4-7-12(9-13)16(17(20)23)21-18(24)14-10-15(25-22-14)11-5-2-1-3-6-11/h1-10,16H,(H2,20,23)(H,21,24)/t16-/m1/s1. The lowest BCUT2D eigenvalue weighted by Crippen LogP contribution is -2.37. The van der Waals surface area contributed by atoms with Crippen LogP contribution in [0.4, 0.5) is 0 Å². The van der Waals surface area contributed by atoms with Crippen LogP contribution in [0.2, 0.25) is 0 Å². The predicted molar refractivity (Wildman–Crippen MR) is 95.5 cm³/mol. The maximum Gasteiger partial charge on any atom is 0.274 e. The van der Waals surface area contributed by atoms with Crippen LogP contribution in [-0.2, 0) is 4.79 Å². The minimum absolute atomic E-state index is 0.0695. The van der Waals surface area contributed by atoms with E-state index in [1.165, 1.54) is 6.07 Å². The van der Waals surface area contributed by atoms with Gasteiger partial charge in [0, 0.05) is 16.1 Å². The van der Waals surface area contributed by atoms with Crippen molar-refractivity contribution >= 4 is 27.7 Å². The van der Waals surface area contributed by atoms with Crippen LogP contribution >= 0.6 is 15.9 Å². The molecule has 0 aliphatic heterocycles. The number of carbonyl (C=O) groups excluding carboxylic acids is 2. The molecule has 6 nitrogen and oxygen atoms in total. The molecule has 3 aromatic rings. The van der Waals surface area contributed by atoms with Gasteiger partial charge in [0.2, 0.25) is 5.91 Å². The summed E-state index contributed by atoms with van der Waals surface area (Å²) in [5.74, 6) is -0.753. The van der Waals surface area contributed by atoms with Gasteiger partial charge in [0.25, 0.3) is 5.91 Å². The van der Waals surface area contributed by atoms with Crippen LogP contribution in [0.1, 0.15) is 22.1 Å². The summed E-state index contributed by atoms with van der Waals surface area (Å²) in [6.45, 7) is 0. The first-order valence-electron chi connectivity index (χ1n) is 7.42. The molecule has 2 aromatic carbocycles. The molecule has 3 rings (SSSR count). The summed E-state index contributed by atoms with van der Waals surface area (Å²) in [5.41, 5.74) is 6.87. The molecule has 0 fully saturated rings. The number of aromatic nitrogens is 1. The van der Waals surface area contributed by atoms with Gasteiger partial charge in [-0.3, -0.25) is 9.59 Å². The molecule has 0 unspecified atom stereocenters. The van der Waals surface area contributed by atoms with Crippen molar-refractivity contribution in [3.05, 3.63) is 76.4 Å². The molecule has 0 aliphatic carbocycles. The van der Waals surface area contributed by atoms with Gasteiger partial charge >= 0.3 is 0 Å². The smallest absolute Gasteiger partial charge is 0.274 e. The fraction of sp³-hybridized carbons (Fsp3) is 0.0556. The minimum atomic E-state index is -0.970. The number of nitrogens with zero attached hydrogens (tertiary/aromatic N) is 1. The zero-order chi connectivity index (χ0) is 17.8. The number of nitrogens with two attached hydrogens (primary N) is 1. The van der Waals surface area contributed by atoms with Crippen molar-refractivity contribution in [1.82, 2.24) is 10.5 Å². The number of hydrogen-bond donors (Lipinski definition) is 2. The number of carbonyl (C=O) groups is 2. The maximum absolute atomic E-state index is 12.4. The lowest BCUT2D eigenvalue weighted by Gasteiger charge is -2.15. The second-order valence-electron chi connectivity index (χ2n) is 5.31. The molecule has 0 saturated heterocycles. The maximum atomic E-state index is 12.4. The van der Waals surface area contributed by atoms with Crippen LogP contribution in [0.15, 0.2) is 69.7 Å². The third-order valence-corrected chi connectivity index (χ3v) is 4.04. The number of primary amides is 1. The van der Waals surface area contributed by atoms with Crippen LogP contribution < -0.4 is 11.1 Å². The van der Waals surface area contributed by atoms with Crippen molar-refractivity contribution in [2.45, 2.75) is 6.04 Å². The summed E-state index contributed by atoms with van der Waals surface area (Å²) >= 11 is 3.33. The molecule has 0 spiro atoms. The van der Waals surface area contributed by atoms with Crippen molar-refractivity contribution < 1.29 is 14.1 Å². The molecule has 1 aromatic heterocycles. The van der Waals surface area contributed by atoms with Gasteiger partial charge < -0.3 is 15.6 Å². The first-order valence-corrected chi connectivity index (χ1v) is 8.21. The van der Waals surface area contributed by atoms with E-state index in [1.54, 1.807) is 18.2 Å². The highest BCUT2D eigenvalue weighted by Crippen LogP contribution is 2.21. The molecule has 3 N–H and O–H groups in total. The van der Waals surface area contributed by atoms with Crippen LogP contribution in [0.3, 0.4) is 0 Å². The third-order valence-electron chi connectivity index (χ3n) is 3.54. The Balaban J connectivity index is 1.81. The average molecular weight is 400 g/mol. The second-order valence-corrected chi connectivity index (χ2v) is 6.22. The lowest BCUT2D eigenvalue weighted by molar-refractivity contribution is -0.120. The number of nitrogens with one attached hydrogen (secondary N) is 1. The number of benzene rings is 2. The Bertz CT molecular complexity index is 909. The molecule has 7 heteroatoms. The monoisotopic (exact) mass is 399 g/mol. The van der Waals surface area contributed by atoms with Gasteiger partial charge in [0.15, 0.2) is 11.5 Å². The molecular formula is C18H14BrN3O3. The van der Waals surface area contributed by atoms with Gasteiger partial charge in [-0.1, -0.05) is 63.6 Å². The van der Waals surface area contributed by atoms with Crippen LogP contribution in [0.25, 0.3) is 11.3 Å². The molecule has 0 saturated carbocycles. The van der Waals surface area contributed by atoms with E-state index in [0.29, 0.717) is 11.3 Å². The Hall–Kier alpha value is -2.93. The molecule has 126 valence electrons. The summed E-state index contributed by atoms with van der Waals surface area (Å²) in [5, 5.41) is 6.35. The molecule has 0 radical (unpaired) electrons. The third kappa shape index (κ3) is 3.95. The van der Waals surface area contributed by atoms with Gasteiger partial charge in [-0.05, 0) is 17.7 Å². The fourth-order valence-corrected chi connectivity index (χ4v) is 2.75. The Morgan fingerprint density at radius 1 is 1.08 bits per heavy atom. The van der Waals surface area contributed by atoms with E-state index in [2.05, 4.69) is 26.4 Å². The first kappa shape index (κ1) is 16.9. The highest BCUT2D eigenvalue weighted by atomic mass is 79.9. The van der Waals surface area contributed by atoms with Gasteiger partial charge in [0.1, 0.15) is 6.04 Å². The van der Waals surface area contributed by atoms with E-state index >= 15 is 0 Å². The zero-order valence-electron chi connectivity index (χ0n) is 13.0. The highest BCUT2D eigenvalue weighted by Gasteiger charge is 2.23. The summed E-state index contributed by atoms with van der Waals surface area (Å²) in [6, 6.07) is 16.8. The van der Waals surface area contributed by atoms with Crippen LogP contribution in [0.5, 0.6) is 0 Å². The van der Waals surface area contributed by atoms with Gasteiger partial charge in [-0.25, -0.2) is 0 Å². The van der Waals surface area contributed by atoms with E-state index < -0.39 is 17.9 Å². The molecular weight excluding hydrogens is 386 g/mol. The molecule has 0 aliphatic rings. The molecule has 2 amide bonds. The Labute approximate surface area is 152 Å². The van der Waals surface area contributed by atoms with E-state index in [-0.39, 0.29) is 5.69 Å². The van der Waals surface area contributed by atoms with E-state index in [9.17, 15) is 9.59 Å². The summed E-state index contributed by atoms with van der Waals surface area (Å²) in [6.07, 6.45) is 0. The van der Waals surface area contributed by atoms with Crippen molar-refractivity contribution in [2.75, 3.05) is 0 Å². The minimum Gasteiger partial charge on any atom is -0.368 e.